The molecule has 1 aromatic carbocycles. The molecule has 1 fully saturated rings. The van der Waals surface area contributed by atoms with Crippen LogP contribution < -0.4 is 11.3 Å². The van der Waals surface area contributed by atoms with E-state index in [2.05, 4.69) is 29.7 Å². The molecule has 3 N–H and O–H groups in total. The Bertz CT molecular complexity index is 415. The van der Waals surface area contributed by atoms with Crippen molar-refractivity contribution in [2.75, 3.05) is 5.75 Å². The van der Waals surface area contributed by atoms with Crippen molar-refractivity contribution >= 4 is 11.8 Å². The normalized spacial score (nSPS) is 24.6. The predicted octanol–water partition coefficient (Wildman–Crippen LogP) is 3.68. The molecule has 0 bridgehead atoms. The van der Waals surface area contributed by atoms with Crippen LogP contribution in [0.15, 0.2) is 29.2 Å². The highest BCUT2D eigenvalue weighted by Gasteiger charge is 2.30. The zero-order chi connectivity index (χ0) is 13.1. The molecular formula is C16H24N2S. The van der Waals surface area contributed by atoms with E-state index >= 15 is 0 Å². The topological polar surface area (TPSA) is 38.0 Å². The summed E-state index contributed by atoms with van der Waals surface area (Å²) in [5, 5.41) is 0. The second kappa shape index (κ2) is 6.29. The van der Waals surface area contributed by atoms with E-state index < -0.39 is 0 Å². The number of hydrogen-bond donors (Lipinski definition) is 2. The van der Waals surface area contributed by atoms with E-state index in [-0.39, 0.29) is 0 Å². The van der Waals surface area contributed by atoms with Gasteiger partial charge in [-0.25, -0.2) is 0 Å². The lowest BCUT2D eigenvalue weighted by molar-refractivity contribution is 0.379. The summed E-state index contributed by atoms with van der Waals surface area (Å²) in [7, 11) is 0. The fraction of sp³-hybridized carbons (Fsp3) is 0.625. The van der Waals surface area contributed by atoms with Crippen LogP contribution in [0, 0.1) is 5.92 Å². The molecule has 0 aromatic heterocycles. The third-order valence-electron chi connectivity index (χ3n) is 4.80. The Labute approximate surface area is 120 Å². The SMILES string of the molecule is NNC(CCC1CCCC1)C1CSc2ccccc21. The van der Waals surface area contributed by atoms with Crippen LogP contribution in [0.1, 0.15) is 50.0 Å². The second-order valence-corrected chi connectivity index (χ2v) is 7.02. The molecule has 2 nitrogen and oxygen atoms in total. The van der Waals surface area contributed by atoms with Crippen molar-refractivity contribution in [2.24, 2.45) is 11.8 Å². The van der Waals surface area contributed by atoms with Crippen molar-refractivity contribution < 1.29 is 0 Å². The Morgan fingerprint density at radius 2 is 2.05 bits per heavy atom. The minimum absolute atomic E-state index is 0.441. The van der Waals surface area contributed by atoms with Gasteiger partial charge in [-0.05, 0) is 30.4 Å². The molecule has 2 aliphatic rings. The van der Waals surface area contributed by atoms with E-state index in [4.69, 9.17) is 5.84 Å². The van der Waals surface area contributed by atoms with Crippen LogP contribution in [-0.4, -0.2) is 11.8 Å². The molecule has 0 amide bonds. The third-order valence-corrected chi connectivity index (χ3v) is 6.01. The molecule has 0 radical (unpaired) electrons. The van der Waals surface area contributed by atoms with Crippen LogP contribution in [0.25, 0.3) is 0 Å². The van der Waals surface area contributed by atoms with E-state index in [0.29, 0.717) is 12.0 Å². The number of nitrogens with one attached hydrogen (secondary N) is 1. The van der Waals surface area contributed by atoms with Crippen LogP contribution in [0.4, 0.5) is 0 Å². The molecule has 104 valence electrons. The number of thioether (sulfide) groups is 1. The Balaban J connectivity index is 1.62. The lowest BCUT2D eigenvalue weighted by atomic mass is 9.88. The summed E-state index contributed by atoms with van der Waals surface area (Å²) < 4.78 is 0. The average Bonchev–Trinajstić information content (AvgIpc) is 3.09. The number of hydrazine groups is 1. The van der Waals surface area contributed by atoms with Crippen molar-refractivity contribution in [1.82, 2.24) is 5.43 Å². The molecule has 1 aliphatic carbocycles. The van der Waals surface area contributed by atoms with Gasteiger partial charge in [0.25, 0.3) is 0 Å². The van der Waals surface area contributed by atoms with Crippen LogP contribution in [0.5, 0.6) is 0 Å². The Kier molecular flexibility index (Phi) is 4.46. The summed E-state index contributed by atoms with van der Waals surface area (Å²) >= 11 is 1.98. The van der Waals surface area contributed by atoms with Crippen molar-refractivity contribution in [3.05, 3.63) is 29.8 Å². The zero-order valence-electron chi connectivity index (χ0n) is 11.5. The maximum Gasteiger partial charge on any atom is 0.0287 e. The van der Waals surface area contributed by atoms with Crippen LogP contribution in [-0.2, 0) is 0 Å². The summed E-state index contributed by atoms with van der Waals surface area (Å²) in [5.41, 5.74) is 4.60. The minimum atomic E-state index is 0.441. The van der Waals surface area contributed by atoms with Crippen molar-refractivity contribution in [2.45, 2.75) is 55.4 Å². The average molecular weight is 276 g/mol. The number of hydrogen-bond acceptors (Lipinski definition) is 3. The highest BCUT2D eigenvalue weighted by atomic mass is 32.2. The summed E-state index contributed by atoms with van der Waals surface area (Å²) in [6.07, 6.45) is 8.32. The molecule has 1 aromatic rings. The third kappa shape index (κ3) is 2.99. The number of benzene rings is 1. The molecule has 19 heavy (non-hydrogen) atoms. The maximum absolute atomic E-state index is 5.84. The number of fused-ring (bicyclic) bond motifs is 1. The summed E-state index contributed by atoms with van der Waals surface area (Å²) in [6.45, 7) is 0. The molecule has 3 heteroatoms. The first-order valence-corrected chi connectivity index (χ1v) is 8.55. The smallest absolute Gasteiger partial charge is 0.0287 e. The molecule has 1 heterocycles. The molecule has 2 unspecified atom stereocenters. The van der Waals surface area contributed by atoms with Gasteiger partial charge < -0.3 is 0 Å². The van der Waals surface area contributed by atoms with Gasteiger partial charge in [-0.1, -0.05) is 43.9 Å². The Morgan fingerprint density at radius 1 is 1.26 bits per heavy atom. The highest BCUT2D eigenvalue weighted by Crippen LogP contribution is 2.42. The van der Waals surface area contributed by atoms with E-state index in [0.717, 1.165) is 5.92 Å². The monoisotopic (exact) mass is 276 g/mol. The summed E-state index contributed by atoms with van der Waals surface area (Å²) in [4.78, 5) is 1.45. The van der Waals surface area contributed by atoms with Gasteiger partial charge >= 0.3 is 0 Å². The van der Waals surface area contributed by atoms with Crippen LogP contribution >= 0.6 is 11.8 Å². The molecule has 0 saturated heterocycles. The molecular weight excluding hydrogens is 252 g/mol. The van der Waals surface area contributed by atoms with Gasteiger partial charge in [0.15, 0.2) is 0 Å². The maximum atomic E-state index is 5.84. The molecule has 2 atom stereocenters. The van der Waals surface area contributed by atoms with Crippen LogP contribution in [0.2, 0.25) is 0 Å². The van der Waals surface area contributed by atoms with Gasteiger partial charge in [0.2, 0.25) is 0 Å². The number of rotatable bonds is 5. The fourth-order valence-electron chi connectivity index (χ4n) is 3.64. The lowest BCUT2D eigenvalue weighted by Crippen LogP contribution is -2.40. The molecule has 0 spiro atoms. The van der Waals surface area contributed by atoms with Gasteiger partial charge in [0.1, 0.15) is 0 Å². The number of nitrogens with two attached hydrogens (primary N) is 1. The van der Waals surface area contributed by atoms with Gasteiger partial charge in [-0.2, -0.15) is 0 Å². The summed E-state index contributed by atoms with van der Waals surface area (Å²) in [5.74, 6) is 8.56. The highest BCUT2D eigenvalue weighted by molar-refractivity contribution is 7.99. The van der Waals surface area contributed by atoms with E-state index in [1.165, 1.54) is 54.7 Å². The quantitative estimate of drug-likeness (QED) is 0.636. The van der Waals surface area contributed by atoms with Crippen LogP contribution in [0.3, 0.4) is 0 Å². The first-order valence-electron chi connectivity index (χ1n) is 7.56. The van der Waals surface area contributed by atoms with E-state index in [1.54, 1.807) is 0 Å². The van der Waals surface area contributed by atoms with Crippen molar-refractivity contribution in [1.29, 1.82) is 0 Å². The largest absolute Gasteiger partial charge is 0.271 e. The van der Waals surface area contributed by atoms with Gasteiger partial charge in [-0.15, -0.1) is 11.8 Å². The zero-order valence-corrected chi connectivity index (χ0v) is 12.3. The van der Waals surface area contributed by atoms with Gasteiger partial charge in [0, 0.05) is 22.6 Å². The first-order chi connectivity index (χ1) is 9.38. The lowest BCUT2D eigenvalue weighted by Gasteiger charge is -2.24. The van der Waals surface area contributed by atoms with Gasteiger partial charge in [-0.3, -0.25) is 11.3 Å². The van der Waals surface area contributed by atoms with E-state index in [9.17, 15) is 0 Å². The Morgan fingerprint density at radius 3 is 2.84 bits per heavy atom. The van der Waals surface area contributed by atoms with Crippen molar-refractivity contribution in [3.8, 4) is 0 Å². The predicted molar refractivity (Wildman–Crippen MR) is 82.2 cm³/mol. The summed E-state index contributed by atoms with van der Waals surface area (Å²) in [6, 6.07) is 9.25. The van der Waals surface area contributed by atoms with E-state index in [1.807, 2.05) is 11.8 Å². The standard InChI is InChI=1S/C16H24N2S/c17-18-15(10-9-12-5-1-2-6-12)14-11-19-16-8-4-3-7-13(14)16/h3-4,7-8,12,14-15,18H,1-2,5-6,9-11,17H2. The second-order valence-electron chi connectivity index (χ2n) is 5.96. The van der Waals surface area contributed by atoms with Gasteiger partial charge in [0.05, 0.1) is 0 Å². The Hall–Kier alpha value is -0.510. The fourth-order valence-corrected chi connectivity index (χ4v) is 4.97. The molecule has 1 saturated carbocycles. The molecule has 1 aliphatic heterocycles. The van der Waals surface area contributed by atoms with Crippen molar-refractivity contribution in [3.63, 3.8) is 0 Å². The minimum Gasteiger partial charge on any atom is -0.271 e. The molecule has 3 rings (SSSR count). The first kappa shape index (κ1) is 13.5.